The molecule has 0 atom stereocenters. The van der Waals surface area contributed by atoms with E-state index in [1.54, 1.807) is 26.0 Å². The minimum absolute atomic E-state index is 0.234. The zero-order chi connectivity index (χ0) is 14.9. The lowest BCUT2D eigenvalue weighted by Crippen LogP contribution is -2.18. The van der Waals surface area contributed by atoms with E-state index in [4.69, 9.17) is 22.4 Å². The molecular weight excluding hydrogens is 272 g/mol. The maximum absolute atomic E-state index is 12.3. The van der Waals surface area contributed by atoms with Gasteiger partial charge in [0.15, 0.2) is 0 Å². The number of benzene rings is 1. The molecule has 0 radical (unpaired) electrons. The Morgan fingerprint density at radius 1 is 1.30 bits per heavy atom. The lowest BCUT2D eigenvalue weighted by atomic mass is 10.1. The van der Waals surface area contributed by atoms with E-state index in [0.717, 1.165) is 5.56 Å². The van der Waals surface area contributed by atoms with Crippen LogP contribution in [0.25, 0.3) is 0 Å². The molecule has 0 aliphatic rings. The number of hydrogen-bond donors (Lipinski definition) is 2. The summed E-state index contributed by atoms with van der Waals surface area (Å²) < 4.78 is 5.36. The van der Waals surface area contributed by atoms with Gasteiger partial charge in [0, 0.05) is 5.56 Å². The Hall–Kier alpha value is -2.14. The summed E-state index contributed by atoms with van der Waals surface area (Å²) in [5.41, 5.74) is 8.46. The number of nitrogens with two attached hydrogens (primary N) is 1. The summed E-state index contributed by atoms with van der Waals surface area (Å²) in [6, 6.07) is 7.24. The largest absolute Gasteiger partial charge is 0.466 e. The zero-order valence-corrected chi connectivity index (χ0v) is 12.4. The fourth-order valence-electron chi connectivity index (χ4n) is 2.14. The molecular formula is C15H16N2O2S. The molecule has 0 bridgehead atoms. The fraction of sp³-hybridized carbons (Fsp3) is 0.200. The highest BCUT2D eigenvalue weighted by Gasteiger charge is 2.16. The monoisotopic (exact) mass is 288 g/mol. The molecule has 5 heteroatoms. The maximum atomic E-state index is 12.3. The van der Waals surface area contributed by atoms with E-state index in [0.29, 0.717) is 28.3 Å². The van der Waals surface area contributed by atoms with Crippen molar-refractivity contribution in [3.05, 3.63) is 52.5 Å². The molecule has 1 heterocycles. The van der Waals surface area contributed by atoms with Crippen LogP contribution in [0.3, 0.4) is 0 Å². The number of carbonyl (C=O) groups is 1. The molecule has 0 saturated carbocycles. The standard InChI is InChI=1S/C15H16N2O2S/c1-8-5-4-6-12(13(8)14(16)20)17-15(18)11-7-9(2)19-10(11)3/h4-7H,1-3H3,(H2,16,20)(H,17,18). The van der Waals surface area contributed by atoms with Crippen LogP contribution >= 0.6 is 12.2 Å². The highest BCUT2D eigenvalue weighted by Crippen LogP contribution is 2.21. The van der Waals surface area contributed by atoms with E-state index >= 15 is 0 Å². The van der Waals surface area contributed by atoms with E-state index in [2.05, 4.69) is 5.32 Å². The Morgan fingerprint density at radius 3 is 2.55 bits per heavy atom. The molecule has 1 aromatic carbocycles. The molecule has 3 N–H and O–H groups in total. The summed E-state index contributed by atoms with van der Waals surface area (Å²) in [5, 5.41) is 2.84. The number of aryl methyl sites for hydroxylation is 3. The van der Waals surface area contributed by atoms with E-state index < -0.39 is 0 Å². The van der Waals surface area contributed by atoms with Crippen molar-refractivity contribution in [2.75, 3.05) is 5.32 Å². The summed E-state index contributed by atoms with van der Waals surface area (Å²) in [7, 11) is 0. The Balaban J connectivity index is 2.36. The summed E-state index contributed by atoms with van der Waals surface area (Å²) >= 11 is 5.04. The van der Waals surface area contributed by atoms with Crippen LogP contribution in [0.5, 0.6) is 0 Å². The smallest absolute Gasteiger partial charge is 0.259 e. The van der Waals surface area contributed by atoms with E-state index in [1.807, 2.05) is 19.1 Å². The second-order valence-electron chi connectivity index (χ2n) is 4.64. The molecule has 0 fully saturated rings. The molecule has 1 aromatic heterocycles. The summed E-state index contributed by atoms with van der Waals surface area (Å²) in [5.74, 6) is 1.05. The van der Waals surface area contributed by atoms with Gasteiger partial charge in [-0.05, 0) is 38.5 Å². The first-order valence-electron chi connectivity index (χ1n) is 6.18. The van der Waals surface area contributed by atoms with E-state index in [9.17, 15) is 4.79 Å². The molecule has 104 valence electrons. The zero-order valence-electron chi connectivity index (χ0n) is 11.6. The second-order valence-corrected chi connectivity index (χ2v) is 5.08. The van der Waals surface area contributed by atoms with Crippen molar-refractivity contribution in [3.8, 4) is 0 Å². The third-order valence-corrected chi connectivity index (χ3v) is 3.26. The molecule has 0 unspecified atom stereocenters. The van der Waals surface area contributed by atoms with Gasteiger partial charge < -0.3 is 15.5 Å². The Morgan fingerprint density at radius 2 is 2.00 bits per heavy atom. The van der Waals surface area contributed by atoms with Crippen LogP contribution in [0.15, 0.2) is 28.7 Å². The van der Waals surface area contributed by atoms with Crippen LogP contribution in [0.2, 0.25) is 0 Å². The summed E-state index contributed by atoms with van der Waals surface area (Å²) in [4.78, 5) is 12.5. The average Bonchev–Trinajstić information content (AvgIpc) is 2.68. The first-order valence-corrected chi connectivity index (χ1v) is 6.58. The normalized spacial score (nSPS) is 10.3. The van der Waals surface area contributed by atoms with Gasteiger partial charge in [0.2, 0.25) is 0 Å². The molecule has 0 saturated heterocycles. The number of thiocarbonyl (C=S) groups is 1. The second kappa shape index (κ2) is 5.46. The third kappa shape index (κ3) is 2.72. The van der Waals surface area contributed by atoms with Gasteiger partial charge in [-0.1, -0.05) is 24.4 Å². The maximum Gasteiger partial charge on any atom is 0.259 e. The first-order chi connectivity index (χ1) is 9.40. The van der Waals surface area contributed by atoms with Crippen molar-refractivity contribution in [3.63, 3.8) is 0 Å². The first kappa shape index (κ1) is 14.3. The lowest BCUT2D eigenvalue weighted by Gasteiger charge is -2.12. The molecule has 0 spiro atoms. The van der Waals surface area contributed by atoms with Crippen molar-refractivity contribution in [1.29, 1.82) is 0 Å². The van der Waals surface area contributed by atoms with Crippen LogP contribution in [0.4, 0.5) is 5.69 Å². The molecule has 4 nitrogen and oxygen atoms in total. The number of anilines is 1. The Bertz CT molecular complexity index is 689. The van der Waals surface area contributed by atoms with Gasteiger partial charge >= 0.3 is 0 Å². The minimum atomic E-state index is -0.234. The molecule has 2 aromatic rings. The van der Waals surface area contributed by atoms with Crippen molar-refractivity contribution in [2.24, 2.45) is 5.73 Å². The van der Waals surface area contributed by atoms with Gasteiger partial charge in [0.05, 0.1) is 11.3 Å². The van der Waals surface area contributed by atoms with E-state index in [-0.39, 0.29) is 10.9 Å². The van der Waals surface area contributed by atoms with Crippen LogP contribution < -0.4 is 11.1 Å². The highest BCUT2D eigenvalue weighted by atomic mass is 32.1. The third-order valence-electron chi connectivity index (χ3n) is 3.05. The van der Waals surface area contributed by atoms with Gasteiger partial charge in [-0.2, -0.15) is 0 Å². The van der Waals surface area contributed by atoms with Crippen LogP contribution in [-0.4, -0.2) is 10.9 Å². The van der Waals surface area contributed by atoms with Crippen LogP contribution in [0, 0.1) is 20.8 Å². The number of amides is 1. The van der Waals surface area contributed by atoms with Gasteiger partial charge in [0.1, 0.15) is 16.5 Å². The predicted octanol–water partition coefficient (Wildman–Crippen LogP) is 3.09. The molecule has 2 rings (SSSR count). The SMILES string of the molecule is Cc1cc(C(=O)Nc2cccc(C)c2C(N)=S)c(C)o1. The summed E-state index contributed by atoms with van der Waals surface area (Å²) in [6.07, 6.45) is 0. The van der Waals surface area contributed by atoms with Gasteiger partial charge in [-0.15, -0.1) is 0 Å². The Labute approximate surface area is 123 Å². The van der Waals surface area contributed by atoms with Gasteiger partial charge in [-0.25, -0.2) is 0 Å². The number of nitrogens with one attached hydrogen (secondary N) is 1. The predicted molar refractivity (Wildman–Crippen MR) is 83.2 cm³/mol. The number of hydrogen-bond acceptors (Lipinski definition) is 3. The lowest BCUT2D eigenvalue weighted by molar-refractivity contribution is 0.102. The number of rotatable bonds is 3. The summed E-state index contributed by atoms with van der Waals surface area (Å²) in [6.45, 7) is 5.46. The number of furan rings is 1. The molecule has 1 amide bonds. The van der Waals surface area contributed by atoms with E-state index in [1.165, 1.54) is 0 Å². The minimum Gasteiger partial charge on any atom is -0.466 e. The highest BCUT2D eigenvalue weighted by molar-refractivity contribution is 7.80. The van der Waals surface area contributed by atoms with Gasteiger partial charge in [0.25, 0.3) is 5.91 Å². The average molecular weight is 288 g/mol. The van der Waals surface area contributed by atoms with Crippen LogP contribution in [0.1, 0.15) is 33.0 Å². The molecule has 0 aliphatic heterocycles. The van der Waals surface area contributed by atoms with Crippen molar-refractivity contribution in [1.82, 2.24) is 0 Å². The van der Waals surface area contributed by atoms with Crippen LogP contribution in [-0.2, 0) is 0 Å². The molecule has 20 heavy (non-hydrogen) atoms. The van der Waals surface area contributed by atoms with Crippen molar-refractivity contribution < 1.29 is 9.21 Å². The van der Waals surface area contributed by atoms with Crippen molar-refractivity contribution in [2.45, 2.75) is 20.8 Å². The topological polar surface area (TPSA) is 68.3 Å². The Kier molecular flexibility index (Phi) is 3.90. The number of carbonyl (C=O) groups excluding carboxylic acids is 1. The molecule has 0 aliphatic carbocycles. The fourth-order valence-corrected chi connectivity index (χ4v) is 2.42. The quantitative estimate of drug-likeness (QED) is 0.852. The van der Waals surface area contributed by atoms with Crippen molar-refractivity contribution >= 4 is 28.8 Å². The van der Waals surface area contributed by atoms with Gasteiger partial charge in [-0.3, -0.25) is 4.79 Å².